The summed E-state index contributed by atoms with van der Waals surface area (Å²) in [7, 11) is 0. The second-order valence-electron chi connectivity index (χ2n) is 3.52. The average Bonchev–Trinajstić information content (AvgIpc) is 2.71. The van der Waals surface area contributed by atoms with Crippen molar-refractivity contribution in [2.45, 2.75) is 19.9 Å². The molecule has 0 amide bonds. The lowest BCUT2D eigenvalue weighted by Crippen LogP contribution is -2.00. The molecule has 2 N–H and O–H groups in total. The van der Waals surface area contributed by atoms with Crippen LogP contribution in [0.2, 0.25) is 0 Å². The van der Waals surface area contributed by atoms with Crippen molar-refractivity contribution in [1.82, 2.24) is 9.78 Å². The number of anilines is 1. The molecule has 0 aliphatic carbocycles. The van der Waals surface area contributed by atoms with Crippen LogP contribution in [0.25, 0.3) is 11.3 Å². The second kappa shape index (κ2) is 3.21. The minimum Gasteiger partial charge on any atom is -0.472 e. The quantitative estimate of drug-likeness (QED) is 0.792. The summed E-state index contributed by atoms with van der Waals surface area (Å²) in [4.78, 5) is 0. The van der Waals surface area contributed by atoms with Crippen molar-refractivity contribution in [2.75, 3.05) is 5.73 Å². The molecule has 0 unspecified atom stereocenters. The van der Waals surface area contributed by atoms with Gasteiger partial charge in [0, 0.05) is 17.8 Å². The van der Waals surface area contributed by atoms with Gasteiger partial charge in [0.25, 0.3) is 0 Å². The zero-order valence-corrected chi connectivity index (χ0v) is 8.27. The smallest absolute Gasteiger partial charge is 0.118 e. The van der Waals surface area contributed by atoms with Crippen LogP contribution in [0.4, 0.5) is 5.69 Å². The number of nitrogen functional groups attached to an aromatic ring is 1. The monoisotopic (exact) mass is 191 g/mol. The molecule has 0 atom stereocenters. The van der Waals surface area contributed by atoms with E-state index < -0.39 is 0 Å². The Morgan fingerprint density at radius 1 is 1.50 bits per heavy atom. The van der Waals surface area contributed by atoms with Crippen molar-refractivity contribution in [3.8, 4) is 11.3 Å². The summed E-state index contributed by atoms with van der Waals surface area (Å²) in [5.74, 6) is 0. The summed E-state index contributed by atoms with van der Waals surface area (Å²) >= 11 is 0. The van der Waals surface area contributed by atoms with Crippen LogP contribution in [0.15, 0.2) is 29.2 Å². The number of nitrogens with zero attached hydrogens (tertiary/aromatic N) is 2. The van der Waals surface area contributed by atoms with Gasteiger partial charge in [0.15, 0.2) is 0 Å². The molecule has 14 heavy (non-hydrogen) atoms. The van der Waals surface area contributed by atoms with E-state index in [-0.39, 0.29) is 0 Å². The molecular weight excluding hydrogens is 178 g/mol. The molecular formula is C10H13N3O. The zero-order valence-electron chi connectivity index (χ0n) is 8.27. The molecule has 74 valence electrons. The fourth-order valence-electron chi connectivity index (χ4n) is 1.29. The van der Waals surface area contributed by atoms with Gasteiger partial charge in [-0.1, -0.05) is 0 Å². The molecule has 0 saturated heterocycles. The van der Waals surface area contributed by atoms with E-state index in [2.05, 4.69) is 18.9 Å². The molecule has 0 fully saturated rings. The van der Waals surface area contributed by atoms with Crippen LogP contribution in [0.5, 0.6) is 0 Å². The summed E-state index contributed by atoms with van der Waals surface area (Å²) in [5.41, 5.74) is 8.23. The van der Waals surface area contributed by atoms with E-state index in [9.17, 15) is 0 Å². The molecule has 4 heteroatoms. The first-order valence-electron chi connectivity index (χ1n) is 4.55. The predicted molar refractivity (Wildman–Crippen MR) is 54.7 cm³/mol. The number of nitrogens with two attached hydrogens (primary N) is 1. The molecule has 2 aromatic heterocycles. The Kier molecular flexibility index (Phi) is 2.04. The molecule has 0 aromatic carbocycles. The summed E-state index contributed by atoms with van der Waals surface area (Å²) in [6.45, 7) is 4.12. The second-order valence-corrected chi connectivity index (χ2v) is 3.52. The van der Waals surface area contributed by atoms with Crippen molar-refractivity contribution in [3.63, 3.8) is 0 Å². The molecule has 0 aliphatic heterocycles. The lowest BCUT2D eigenvalue weighted by Gasteiger charge is -2.02. The van der Waals surface area contributed by atoms with E-state index in [1.54, 1.807) is 12.5 Å². The first-order chi connectivity index (χ1) is 6.68. The normalized spacial score (nSPS) is 11.1. The molecule has 2 heterocycles. The molecule has 0 saturated carbocycles. The molecule has 2 rings (SSSR count). The van der Waals surface area contributed by atoms with Crippen molar-refractivity contribution >= 4 is 5.69 Å². The van der Waals surface area contributed by atoms with Gasteiger partial charge in [-0.2, -0.15) is 5.10 Å². The third kappa shape index (κ3) is 1.39. The Hall–Kier alpha value is -1.71. The van der Waals surface area contributed by atoms with Crippen LogP contribution < -0.4 is 5.73 Å². The van der Waals surface area contributed by atoms with E-state index in [1.165, 1.54) is 0 Å². The molecule has 0 aliphatic rings. The van der Waals surface area contributed by atoms with E-state index in [0.29, 0.717) is 11.7 Å². The van der Waals surface area contributed by atoms with Gasteiger partial charge in [-0.05, 0) is 19.9 Å². The standard InChI is InChI=1S/C10H13N3O/c1-7(2)13-5-9(11)10(12-13)8-3-4-14-6-8/h3-7H,11H2,1-2H3. The van der Waals surface area contributed by atoms with E-state index >= 15 is 0 Å². The summed E-state index contributed by atoms with van der Waals surface area (Å²) in [6.07, 6.45) is 5.10. The maximum absolute atomic E-state index is 5.85. The largest absolute Gasteiger partial charge is 0.472 e. The van der Waals surface area contributed by atoms with Gasteiger partial charge in [0.1, 0.15) is 5.69 Å². The summed E-state index contributed by atoms with van der Waals surface area (Å²) in [6, 6.07) is 2.17. The average molecular weight is 191 g/mol. The highest BCUT2D eigenvalue weighted by Crippen LogP contribution is 2.25. The summed E-state index contributed by atoms with van der Waals surface area (Å²) in [5, 5.41) is 4.38. The fraction of sp³-hybridized carbons (Fsp3) is 0.300. The number of rotatable bonds is 2. The Morgan fingerprint density at radius 2 is 2.29 bits per heavy atom. The number of hydrogen-bond acceptors (Lipinski definition) is 3. The third-order valence-corrected chi connectivity index (χ3v) is 2.08. The van der Waals surface area contributed by atoms with Crippen LogP contribution >= 0.6 is 0 Å². The van der Waals surface area contributed by atoms with Gasteiger partial charge < -0.3 is 10.2 Å². The van der Waals surface area contributed by atoms with Crippen molar-refractivity contribution in [1.29, 1.82) is 0 Å². The Labute approximate surface area is 82.3 Å². The molecule has 0 bridgehead atoms. The van der Waals surface area contributed by atoms with Crippen LogP contribution in [-0.4, -0.2) is 9.78 Å². The highest BCUT2D eigenvalue weighted by atomic mass is 16.3. The van der Waals surface area contributed by atoms with Gasteiger partial charge >= 0.3 is 0 Å². The molecule has 0 spiro atoms. The van der Waals surface area contributed by atoms with Crippen LogP contribution in [0.1, 0.15) is 19.9 Å². The first-order valence-corrected chi connectivity index (χ1v) is 4.55. The van der Waals surface area contributed by atoms with Crippen molar-refractivity contribution in [3.05, 3.63) is 24.8 Å². The fourth-order valence-corrected chi connectivity index (χ4v) is 1.29. The van der Waals surface area contributed by atoms with Crippen LogP contribution in [0.3, 0.4) is 0 Å². The van der Waals surface area contributed by atoms with Crippen LogP contribution in [-0.2, 0) is 0 Å². The van der Waals surface area contributed by atoms with Gasteiger partial charge in [0.05, 0.1) is 18.2 Å². The topological polar surface area (TPSA) is 57.0 Å². The minimum absolute atomic E-state index is 0.318. The number of aromatic nitrogens is 2. The number of hydrogen-bond donors (Lipinski definition) is 1. The first kappa shape index (κ1) is 8.87. The number of furan rings is 1. The van der Waals surface area contributed by atoms with E-state index in [1.807, 2.05) is 16.9 Å². The molecule has 0 radical (unpaired) electrons. The lowest BCUT2D eigenvalue weighted by atomic mass is 10.2. The van der Waals surface area contributed by atoms with Crippen LogP contribution in [0, 0.1) is 0 Å². The van der Waals surface area contributed by atoms with E-state index in [4.69, 9.17) is 10.2 Å². The predicted octanol–water partition coefficient (Wildman–Crippen LogP) is 2.31. The van der Waals surface area contributed by atoms with Gasteiger partial charge in [-0.25, -0.2) is 0 Å². The third-order valence-electron chi connectivity index (χ3n) is 2.08. The van der Waals surface area contributed by atoms with Gasteiger partial charge in [-0.15, -0.1) is 0 Å². The lowest BCUT2D eigenvalue weighted by molar-refractivity contribution is 0.533. The maximum atomic E-state index is 5.85. The summed E-state index contributed by atoms with van der Waals surface area (Å²) < 4.78 is 6.83. The molecule has 4 nitrogen and oxygen atoms in total. The maximum Gasteiger partial charge on any atom is 0.118 e. The SMILES string of the molecule is CC(C)n1cc(N)c(-c2ccoc2)n1. The molecule has 2 aromatic rings. The van der Waals surface area contributed by atoms with Crippen molar-refractivity contribution in [2.24, 2.45) is 0 Å². The Bertz CT molecular complexity index is 415. The minimum atomic E-state index is 0.318. The Balaban J connectivity index is 2.45. The van der Waals surface area contributed by atoms with Gasteiger partial charge in [0.2, 0.25) is 0 Å². The van der Waals surface area contributed by atoms with Gasteiger partial charge in [-0.3, -0.25) is 4.68 Å². The zero-order chi connectivity index (χ0) is 10.1. The highest BCUT2D eigenvalue weighted by molar-refractivity contribution is 5.70. The Morgan fingerprint density at radius 3 is 2.79 bits per heavy atom. The van der Waals surface area contributed by atoms with E-state index in [0.717, 1.165) is 11.3 Å². The highest BCUT2D eigenvalue weighted by Gasteiger charge is 2.10. The van der Waals surface area contributed by atoms with Crippen molar-refractivity contribution < 1.29 is 4.42 Å².